The highest BCUT2D eigenvalue weighted by atomic mass is 32.2. The van der Waals surface area contributed by atoms with E-state index in [0.717, 1.165) is 13.1 Å². The van der Waals surface area contributed by atoms with Crippen LogP contribution in [0.2, 0.25) is 0 Å². The molecule has 1 heterocycles. The summed E-state index contributed by atoms with van der Waals surface area (Å²) in [6, 6.07) is 0. The van der Waals surface area contributed by atoms with Crippen molar-refractivity contribution in [2.75, 3.05) is 19.3 Å². The molecule has 3 heteroatoms. The van der Waals surface area contributed by atoms with Crippen molar-refractivity contribution in [1.29, 1.82) is 0 Å². The predicted molar refractivity (Wildman–Crippen MR) is 46.2 cm³/mol. The second-order valence-electron chi connectivity index (χ2n) is 2.06. The lowest BCUT2D eigenvalue weighted by Crippen LogP contribution is -2.20. The predicted octanol–water partition coefficient (Wildman–Crippen LogP) is 1.40. The highest BCUT2D eigenvalue weighted by Crippen LogP contribution is 2.07. The molecule has 0 spiro atoms. The summed E-state index contributed by atoms with van der Waals surface area (Å²) in [6.07, 6.45) is 4.19. The van der Waals surface area contributed by atoms with E-state index in [0.29, 0.717) is 0 Å². The van der Waals surface area contributed by atoms with Crippen LogP contribution in [-0.4, -0.2) is 27.9 Å². The van der Waals surface area contributed by atoms with Crippen molar-refractivity contribution in [3.63, 3.8) is 0 Å². The first-order valence-corrected chi connectivity index (χ1v) is 5.40. The molecule has 1 unspecified atom stereocenters. The van der Waals surface area contributed by atoms with Gasteiger partial charge in [0.05, 0.1) is 11.0 Å². The van der Waals surface area contributed by atoms with E-state index in [1.54, 1.807) is 6.26 Å². The van der Waals surface area contributed by atoms with Crippen LogP contribution in [0, 0.1) is 0 Å². The Bertz CT molecular complexity index is 99.8. The van der Waals surface area contributed by atoms with Gasteiger partial charge in [0.1, 0.15) is 0 Å². The minimum absolute atomic E-state index is 0.708. The van der Waals surface area contributed by atoms with Crippen LogP contribution in [0.15, 0.2) is 0 Å². The quantitative estimate of drug-likeness (QED) is 0.572. The lowest BCUT2D eigenvalue weighted by Gasteiger charge is -2.07. The van der Waals surface area contributed by atoms with Gasteiger partial charge in [-0.05, 0) is 12.8 Å². The summed E-state index contributed by atoms with van der Waals surface area (Å²) >= 11 is 0. The zero-order valence-corrected chi connectivity index (χ0v) is 7.91. The van der Waals surface area contributed by atoms with Gasteiger partial charge in [-0.1, -0.05) is 13.8 Å². The molecular weight excluding hydrogens is 146 g/mol. The van der Waals surface area contributed by atoms with Gasteiger partial charge in [0.15, 0.2) is 0 Å². The Morgan fingerprint density at radius 2 is 1.60 bits per heavy atom. The van der Waals surface area contributed by atoms with Gasteiger partial charge >= 0.3 is 0 Å². The average molecular weight is 163 g/mol. The van der Waals surface area contributed by atoms with E-state index in [2.05, 4.69) is 0 Å². The van der Waals surface area contributed by atoms with Gasteiger partial charge in [0, 0.05) is 19.3 Å². The lowest BCUT2D eigenvalue weighted by molar-refractivity contribution is 0.540. The van der Waals surface area contributed by atoms with E-state index < -0.39 is 11.0 Å². The lowest BCUT2D eigenvalue weighted by atomic mass is 10.4. The van der Waals surface area contributed by atoms with Gasteiger partial charge in [-0.25, -0.2) is 8.51 Å². The van der Waals surface area contributed by atoms with Crippen LogP contribution in [0.3, 0.4) is 0 Å². The van der Waals surface area contributed by atoms with E-state index >= 15 is 0 Å². The molecule has 0 saturated carbocycles. The minimum atomic E-state index is -0.708. The summed E-state index contributed by atoms with van der Waals surface area (Å²) in [7, 11) is -0.708. The summed E-state index contributed by atoms with van der Waals surface area (Å²) in [5, 5.41) is 0. The van der Waals surface area contributed by atoms with Crippen molar-refractivity contribution < 1.29 is 4.21 Å². The Labute approximate surface area is 66.2 Å². The molecule has 0 amide bonds. The number of nitrogens with zero attached hydrogens (tertiary/aromatic N) is 1. The molecule has 10 heavy (non-hydrogen) atoms. The molecule has 0 radical (unpaired) electrons. The normalized spacial score (nSPS) is 21.5. The second-order valence-corrected chi connectivity index (χ2v) is 3.42. The van der Waals surface area contributed by atoms with Crippen molar-refractivity contribution in [3.05, 3.63) is 0 Å². The Balaban J connectivity index is 0.000000371. The van der Waals surface area contributed by atoms with Crippen LogP contribution >= 0.6 is 0 Å². The largest absolute Gasteiger partial charge is 0.243 e. The van der Waals surface area contributed by atoms with Gasteiger partial charge in [-0.2, -0.15) is 0 Å². The smallest absolute Gasteiger partial charge is 0.0910 e. The molecular formula is C7H17NOS. The van der Waals surface area contributed by atoms with Crippen LogP contribution in [0.4, 0.5) is 0 Å². The molecule has 2 nitrogen and oxygen atoms in total. The maximum Gasteiger partial charge on any atom is 0.0910 e. The molecule has 1 aliphatic heterocycles. The third-order valence-corrected chi connectivity index (χ3v) is 2.52. The Kier molecular flexibility index (Phi) is 5.93. The van der Waals surface area contributed by atoms with Crippen LogP contribution in [-0.2, 0) is 11.0 Å². The third-order valence-electron chi connectivity index (χ3n) is 1.43. The number of hydrogen-bond acceptors (Lipinski definition) is 1. The molecule has 1 aliphatic rings. The van der Waals surface area contributed by atoms with Crippen molar-refractivity contribution in [1.82, 2.24) is 4.31 Å². The Morgan fingerprint density at radius 1 is 1.20 bits per heavy atom. The van der Waals surface area contributed by atoms with Crippen LogP contribution in [0.25, 0.3) is 0 Å². The number of rotatable bonds is 1. The summed E-state index contributed by atoms with van der Waals surface area (Å²) < 4.78 is 12.7. The van der Waals surface area contributed by atoms with E-state index in [1.165, 1.54) is 12.8 Å². The van der Waals surface area contributed by atoms with Crippen LogP contribution < -0.4 is 0 Å². The topological polar surface area (TPSA) is 20.3 Å². The van der Waals surface area contributed by atoms with Crippen LogP contribution in [0.5, 0.6) is 0 Å². The highest BCUT2D eigenvalue weighted by molar-refractivity contribution is 7.81. The van der Waals surface area contributed by atoms with Crippen molar-refractivity contribution >= 4 is 11.0 Å². The van der Waals surface area contributed by atoms with Crippen molar-refractivity contribution in [2.45, 2.75) is 26.7 Å². The third kappa shape index (κ3) is 3.32. The molecule has 0 aromatic carbocycles. The zero-order valence-electron chi connectivity index (χ0n) is 7.09. The maximum absolute atomic E-state index is 10.7. The molecule has 0 aliphatic carbocycles. The summed E-state index contributed by atoms with van der Waals surface area (Å²) in [5.41, 5.74) is 0. The fourth-order valence-electron chi connectivity index (χ4n) is 0.945. The first-order chi connectivity index (χ1) is 4.80. The molecule has 0 aromatic heterocycles. The second kappa shape index (κ2) is 5.86. The van der Waals surface area contributed by atoms with Gasteiger partial charge in [-0.3, -0.25) is 0 Å². The molecule has 0 aromatic rings. The van der Waals surface area contributed by atoms with Gasteiger partial charge < -0.3 is 0 Å². The minimum Gasteiger partial charge on any atom is -0.243 e. The molecule has 0 N–H and O–H groups in total. The summed E-state index contributed by atoms with van der Waals surface area (Å²) in [6.45, 7) is 6.06. The fraction of sp³-hybridized carbons (Fsp3) is 1.00. The number of hydrogen-bond donors (Lipinski definition) is 0. The summed E-state index contributed by atoms with van der Waals surface area (Å²) in [4.78, 5) is 0. The Hall–Kier alpha value is 0.110. The van der Waals surface area contributed by atoms with E-state index in [9.17, 15) is 4.21 Å². The summed E-state index contributed by atoms with van der Waals surface area (Å²) in [5.74, 6) is 0. The monoisotopic (exact) mass is 163 g/mol. The Morgan fingerprint density at radius 3 is 1.80 bits per heavy atom. The van der Waals surface area contributed by atoms with Gasteiger partial charge in [0.2, 0.25) is 0 Å². The van der Waals surface area contributed by atoms with Crippen molar-refractivity contribution in [3.8, 4) is 0 Å². The maximum atomic E-state index is 10.7. The van der Waals surface area contributed by atoms with E-state index in [1.807, 2.05) is 18.2 Å². The van der Waals surface area contributed by atoms with Crippen LogP contribution in [0.1, 0.15) is 26.7 Å². The first-order valence-electron chi connectivity index (χ1n) is 3.89. The standard InChI is InChI=1S/C5H11NOS.C2H6/c1-8(7)6-4-2-3-5-6;1-2/h2-5H2,1H3;1-2H3. The molecule has 1 saturated heterocycles. The average Bonchev–Trinajstić information content (AvgIpc) is 2.42. The molecule has 0 bridgehead atoms. The van der Waals surface area contributed by atoms with E-state index in [-0.39, 0.29) is 0 Å². The van der Waals surface area contributed by atoms with Gasteiger partial charge in [-0.15, -0.1) is 0 Å². The van der Waals surface area contributed by atoms with E-state index in [4.69, 9.17) is 0 Å². The molecule has 62 valence electrons. The van der Waals surface area contributed by atoms with Gasteiger partial charge in [0.25, 0.3) is 0 Å². The highest BCUT2D eigenvalue weighted by Gasteiger charge is 2.13. The fourth-order valence-corrected chi connectivity index (χ4v) is 1.72. The molecule has 1 rings (SSSR count). The molecule has 1 atom stereocenters. The van der Waals surface area contributed by atoms with Crippen molar-refractivity contribution in [2.24, 2.45) is 0 Å². The first kappa shape index (κ1) is 10.1. The molecule has 1 fully saturated rings. The zero-order chi connectivity index (χ0) is 7.98. The SMILES string of the molecule is CC.CS(=O)N1CCCC1.